The Labute approximate surface area is 82.1 Å². The van der Waals surface area contributed by atoms with E-state index in [9.17, 15) is 0 Å². The summed E-state index contributed by atoms with van der Waals surface area (Å²) in [6.45, 7) is 0. The van der Waals surface area contributed by atoms with E-state index in [-0.39, 0.29) is 82.6 Å². The van der Waals surface area contributed by atoms with Crippen LogP contribution in [0.25, 0.3) is 0 Å². The molecule has 0 unspecified atom stereocenters. The largest absolute Gasteiger partial charge is 2.00 e. The van der Waals surface area contributed by atoms with E-state index in [1.807, 2.05) is 0 Å². The molecule has 0 aliphatic rings. The first-order valence-electron chi connectivity index (χ1n) is 0. The fraction of sp³-hybridized carbons (Fsp3) is 0. The first-order valence-corrected chi connectivity index (χ1v) is 0. The van der Waals surface area contributed by atoms with Crippen molar-refractivity contribution >= 4 is 0 Å². The predicted octanol–water partition coefficient (Wildman–Crippen LogP) is -0.715. The van der Waals surface area contributed by atoms with Crippen LogP contribution < -0.4 is 0 Å². The van der Waals surface area contributed by atoms with E-state index in [0.29, 0.717) is 0 Å². The molecule has 0 aromatic rings. The molecule has 0 aliphatic carbocycles. The topological polar surface area (TPSA) is 120 Å². The molecule has 0 amide bonds. The zero-order valence-corrected chi connectivity index (χ0v) is 11.2. The third kappa shape index (κ3) is 80.9. The van der Waals surface area contributed by atoms with Crippen LogP contribution in [0.5, 0.6) is 0 Å². The quantitative estimate of drug-likeness (QED) is 0.524. The van der Waals surface area contributed by atoms with Crippen LogP contribution in [0.2, 0.25) is 0 Å². The van der Waals surface area contributed by atoms with Crippen molar-refractivity contribution in [3.8, 4) is 0 Å². The Hall–Kier alpha value is 1.80. The standard InChI is InChI=1S/4H2O.Ti.2Zn/h4*1H2;;;/q;;;;;2*+2/p-4. The van der Waals surface area contributed by atoms with Gasteiger partial charge in [0.2, 0.25) is 0 Å². The fourth-order valence-electron chi connectivity index (χ4n) is 0. The van der Waals surface area contributed by atoms with Gasteiger partial charge in [-0.2, -0.15) is 0 Å². The van der Waals surface area contributed by atoms with Crippen LogP contribution in [0.3, 0.4) is 0 Å². The van der Waals surface area contributed by atoms with Gasteiger partial charge in [-0.3, -0.25) is 0 Å². The molecule has 0 bridgehead atoms. The maximum absolute atomic E-state index is 0. The second kappa shape index (κ2) is 111. The SMILES string of the molecule is [OH-].[OH-].[OH-].[OH-].[Ti].[Zn+2].[Zn+2]. The summed E-state index contributed by atoms with van der Waals surface area (Å²) < 4.78 is 0. The molecule has 0 aliphatic heterocycles. The van der Waals surface area contributed by atoms with Crippen molar-refractivity contribution in [3.63, 3.8) is 0 Å². The molecule has 0 heterocycles. The van der Waals surface area contributed by atoms with Gasteiger partial charge < -0.3 is 21.9 Å². The molecule has 0 fully saturated rings. The molecule has 0 saturated carbocycles. The third-order valence-electron chi connectivity index (χ3n) is 0. The molecule has 7 heavy (non-hydrogen) atoms. The van der Waals surface area contributed by atoms with Crippen molar-refractivity contribution < 1.29 is 82.6 Å². The molecular formula is H4O4TiZn2. The number of hydrogen-bond donors (Lipinski definition) is 0. The fourth-order valence-corrected chi connectivity index (χ4v) is 0. The van der Waals surface area contributed by atoms with E-state index < -0.39 is 0 Å². The third-order valence-corrected chi connectivity index (χ3v) is 0. The Morgan fingerprint density at radius 3 is 0.429 bits per heavy atom. The van der Waals surface area contributed by atoms with Crippen molar-refractivity contribution in [1.82, 2.24) is 0 Å². The van der Waals surface area contributed by atoms with Crippen LogP contribution >= 0.6 is 0 Å². The predicted molar refractivity (Wildman–Crippen MR) is 7.74 cm³/mol. The van der Waals surface area contributed by atoms with Crippen molar-refractivity contribution in [2.24, 2.45) is 0 Å². The van der Waals surface area contributed by atoms with Gasteiger partial charge in [0.05, 0.1) is 0 Å². The van der Waals surface area contributed by atoms with Gasteiger partial charge in [-0.05, 0) is 0 Å². The van der Waals surface area contributed by atoms with Crippen molar-refractivity contribution in [2.75, 3.05) is 0 Å². The second-order valence-electron chi connectivity index (χ2n) is 0. The first kappa shape index (κ1) is 165. The normalized spacial score (nSPS) is 0. The van der Waals surface area contributed by atoms with Crippen LogP contribution in [-0.4, -0.2) is 21.9 Å². The van der Waals surface area contributed by atoms with Gasteiger partial charge in [-0.25, -0.2) is 0 Å². The smallest absolute Gasteiger partial charge is 0.870 e. The molecule has 0 aromatic carbocycles. The van der Waals surface area contributed by atoms with Gasteiger partial charge >= 0.3 is 39.0 Å². The summed E-state index contributed by atoms with van der Waals surface area (Å²) in [6, 6.07) is 0. The van der Waals surface area contributed by atoms with Crippen LogP contribution in [0.4, 0.5) is 0 Å². The summed E-state index contributed by atoms with van der Waals surface area (Å²) in [5, 5.41) is 0. The summed E-state index contributed by atoms with van der Waals surface area (Å²) in [5.74, 6) is 0. The van der Waals surface area contributed by atoms with E-state index in [1.165, 1.54) is 0 Å². The summed E-state index contributed by atoms with van der Waals surface area (Å²) >= 11 is 0. The van der Waals surface area contributed by atoms with Gasteiger partial charge in [0.1, 0.15) is 0 Å². The van der Waals surface area contributed by atoms with Crippen LogP contribution in [-0.2, 0) is 60.7 Å². The van der Waals surface area contributed by atoms with Crippen LogP contribution in [0.15, 0.2) is 0 Å². The van der Waals surface area contributed by atoms with E-state index in [0.717, 1.165) is 0 Å². The van der Waals surface area contributed by atoms with Gasteiger partial charge in [0.25, 0.3) is 0 Å². The van der Waals surface area contributed by atoms with E-state index >= 15 is 0 Å². The Morgan fingerprint density at radius 2 is 0.429 bits per heavy atom. The molecule has 0 atom stereocenters. The first-order chi connectivity index (χ1) is 0. The van der Waals surface area contributed by atoms with Gasteiger partial charge in [-0.1, -0.05) is 0 Å². The summed E-state index contributed by atoms with van der Waals surface area (Å²) in [5.41, 5.74) is 0. The molecule has 36 valence electrons. The minimum atomic E-state index is 0. The Balaban J connectivity index is 0. The Bertz CT molecular complexity index is 9.65. The molecule has 4 nitrogen and oxygen atoms in total. The summed E-state index contributed by atoms with van der Waals surface area (Å²) in [7, 11) is 0. The molecule has 0 spiro atoms. The molecule has 7 heteroatoms. The maximum atomic E-state index is 0. The van der Waals surface area contributed by atoms with E-state index in [4.69, 9.17) is 0 Å². The van der Waals surface area contributed by atoms with Gasteiger partial charge in [0.15, 0.2) is 0 Å². The van der Waals surface area contributed by atoms with Crippen molar-refractivity contribution in [2.45, 2.75) is 0 Å². The Kier molecular flexibility index (Phi) is 2620. The summed E-state index contributed by atoms with van der Waals surface area (Å²) in [6.07, 6.45) is 0. The van der Waals surface area contributed by atoms with Crippen LogP contribution in [0, 0.1) is 0 Å². The molecule has 0 rings (SSSR count). The average molecular weight is 247 g/mol. The molecule has 0 saturated heterocycles. The van der Waals surface area contributed by atoms with E-state index in [1.54, 1.807) is 0 Å². The average Bonchev–Trinajstić information content (AvgIpc) is 0. The molecular weight excluding hydrogens is 243 g/mol. The van der Waals surface area contributed by atoms with Crippen molar-refractivity contribution in [1.29, 1.82) is 0 Å². The van der Waals surface area contributed by atoms with Gasteiger partial charge in [0, 0.05) is 21.7 Å². The number of rotatable bonds is 0. The zero-order chi connectivity index (χ0) is 0. The molecule has 4 N–H and O–H groups in total. The minimum Gasteiger partial charge on any atom is -0.870 e. The zero-order valence-electron chi connectivity index (χ0n) is 3.70. The van der Waals surface area contributed by atoms with Crippen LogP contribution in [0.1, 0.15) is 0 Å². The molecule has 0 radical (unpaired) electrons. The monoisotopic (exact) mass is 244 g/mol. The second-order valence-corrected chi connectivity index (χ2v) is 0. The Morgan fingerprint density at radius 1 is 0.429 bits per heavy atom. The van der Waals surface area contributed by atoms with Gasteiger partial charge in [-0.15, -0.1) is 0 Å². The number of hydrogen-bond acceptors (Lipinski definition) is 4. The maximum Gasteiger partial charge on any atom is 2.00 e. The summed E-state index contributed by atoms with van der Waals surface area (Å²) in [4.78, 5) is 0. The minimum absolute atomic E-state index is 0. The van der Waals surface area contributed by atoms with Crippen molar-refractivity contribution in [3.05, 3.63) is 0 Å². The van der Waals surface area contributed by atoms with E-state index in [2.05, 4.69) is 0 Å². The molecule has 0 aromatic heterocycles.